The van der Waals surface area contributed by atoms with Gasteiger partial charge in [-0.3, -0.25) is 0 Å². The molecule has 12 rings (SSSR count). The van der Waals surface area contributed by atoms with Crippen LogP contribution < -0.4 is 0 Å². The lowest BCUT2D eigenvalue weighted by molar-refractivity contribution is 0.669. The van der Waals surface area contributed by atoms with Gasteiger partial charge in [-0.05, 0) is 59.7 Å². The van der Waals surface area contributed by atoms with Gasteiger partial charge in [-0.25, -0.2) is 15.0 Å². The Morgan fingerprint density at radius 2 is 0.967 bits per heavy atom. The zero-order valence-corrected chi connectivity index (χ0v) is 32.3. The second-order valence-corrected chi connectivity index (χ2v) is 15.2. The average Bonchev–Trinajstić information content (AvgIpc) is 3.88. The third kappa shape index (κ3) is 5.52. The maximum Gasteiger partial charge on any atom is 0.162 e. The van der Waals surface area contributed by atoms with Crippen LogP contribution in [0.15, 0.2) is 211 Å². The van der Waals surface area contributed by atoms with Crippen molar-refractivity contribution < 1.29 is 4.42 Å². The Balaban J connectivity index is 1.04. The minimum absolute atomic E-state index is 0.628. The molecule has 0 fully saturated rings. The first-order valence-corrected chi connectivity index (χ1v) is 20.2. The van der Waals surface area contributed by atoms with Gasteiger partial charge < -0.3 is 8.98 Å². The van der Waals surface area contributed by atoms with Gasteiger partial charge in [0.05, 0.1) is 27.9 Å². The van der Waals surface area contributed by atoms with Gasteiger partial charge in [-0.2, -0.15) is 0 Å². The molecule has 12 aromatic rings. The third-order valence-electron chi connectivity index (χ3n) is 11.6. The molecule has 0 aliphatic heterocycles. The molecule has 0 saturated carbocycles. The molecule has 4 aromatic heterocycles. The molecule has 280 valence electrons. The number of aromatic nitrogens is 4. The zero-order valence-electron chi connectivity index (χ0n) is 32.3. The summed E-state index contributed by atoms with van der Waals surface area (Å²) in [7, 11) is 0. The van der Waals surface area contributed by atoms with E-state index in [1.165, 1.54) is 10.8 Å². The quantitative estimate of drug-likeness (QED) is 0.169. The highest BCUT2D eigenvalue weighted by Gasteiger charge is 2.21. The number of hydrogen-bond donors (Lipinski definition) is 0. The summed E-state index contributed by atoms with van der Waals surface area (Å²) in [4.78, 5) is 15.9. The Morgan fingerprint density at radius 3 is 1.73 bits per heavy atom. The number of hydrogen-bond acceptors (Lipinski definition) is 4. The number of fused-ring (bicyclic) bond motifs is 8. The SMILES string of the molecule is c1ccc(-c2cc(-c3cccc(-n4c5ccccc5c5ccccc54)c3)nc(-c3cccc(-c4nc5cccc(-c6ccccc6)c5c5c4oc4ccccc45)c3)n2)cc1. The van der Waals surface area contributed by atoms with Gasteiger partial charge in [-0.1, -0.05) is 158 Å². The number of furan rings is 1. The van der Waals surface area contributed by atoms with Gasteiger partial charge in [0.2, 0.25) is 0 Å². The first-order valence-electron chi connectivity index (χ1n) is 20.2. The van der Waals surface area contributed by atoms with E-state index in [1.807, 2.05) is 36.4 Å². The van der Waals surface area contributed by atoms with E-state index in [1.54, 1.807) is 0 Å². The van der Waals surface area contributed by atoms with Crippen LogP contribution in [0.5, 0.6) is 0 Å². The minimum atomic E-state index is 0.628. The summed E-state index contributed by atoms with van der Waals surface area (Å²) in [6, 6.07) is 71.8. The molecule has 8 aromatic carbocycles. The van der Waals surface area contributed by atoms with Crippen molar-refractivity contribution in [2.75, 3.05) is 0 Å². The van der Waals surface area contributed by atoms with Crippen LogP contribution in [-0.2, 0) is 0 Å². The predicted octanol–water partition coefficient (Wildman–Crippen LogP) is 14.4. The van der Waals surface area contributed by atoms with Gasteiger partial charge >= 0.3 is 0 Å². The molecule has 5 nitrogen and oxygen atoms in total. The number of rotatable bonds is 6. The fourth-order valence-corrected chi connectivity index (χ4v) is 8.87. The Labute approximate surface area is 345 Å². The largest absolute Gasteiger partial charge is 0.454 e. The van der Waals surface area contributed by atoms with Crippen LogP contribution in [0.2, 0.25) is 0 Å². The van der Waals surface area contributed by atoms with Crippen molar-refractivity contribution in [3.05, 3.63) is 206 Å². The third-order valence-corrected chi connectivity index (χ3v) is 11.6. The first-order chi connectivity index (χ1) is 29.7. The monoisotopic (exact) mass is 766 g/mol. The van der Waals surface area contributed by atoms with Crippen LogP contribution in [-0.4, -0.2) is 19.5 Å². The van der Waals surface area contributed by atoms with E-state index in [-0.39, 0.29) is 0 Å². The molecule has 0 aliphatic rings. The van der Waals surface area contributed by atoms with Crippen LogP contribution in [0.25, 0.3) is 117 Å². The van der Waals surface area contributed by atoms with Crippen molar-refractivity contribution in [3.8, 4) is 62.0 Å². The van der Waals surface area contributed by atoms with Gasteiger partial charge in [0.25, 0.3) is 0 Å². The van der Waals surface area contributed by atoms with E-state index in [4.69, 9.17) is 19.4 Å². The lowest BCUT2D eigenvalue weighted by atomic mass is 9.95. The van der Waals surface area contributed by atoms with Crippen LogP contribution in [0.3, 0.4) is 0 Å². The molecule has 0 unspecified atom stereocenters. The zero-order chi connectivity index (χ0) is 39.6. The summed E-state index contributed by atoms with van der Waals surface area (Å²) in [5, 5.41) is 5.66. The van der Waals surface area contributed by atoms with Crippen molar-refractivity contribution in [2.45, 2.75) is 0 Å². The molecule has 0 amide bonds. The smallest absolute Gasteiger partial charge is 0.162 e. The van der Waals surface area contributed by atoms with E-state index in [0.29, 0.717) is 5.82 Å². The molecule has 0 aliphatic carbocycles. The Morgan fingerprint density at radius 1 is 0.383 bits per heavy atom. The summed E-state index contributed by atoms with van der Waals surface area (Å²) < 4.78 is 9.08. The predicted molar refractivity (Wildman–Crippen MR) is 246 cm³/mol. The van der Waals surface area contributed by atoms with Crippen molar-refractivity contribution in [1.82, 2.24) is 19.5 Å². The molecule has 5 heteroatoms. The van der Waals surface area contributed by atoms with Crippen molar-refractivity contribution in [1.29, 1.82) is 0 Å². The maximum atomic E-state index is 6.74. The normalized spacial score (nSPS) is 11.7. The number of nitrogens with zero attached hydrogens (tertiary/aromatic N) is 4. The van der Waals surface area contributed by atoms with E-state index in [0.717, 1.165) is 100 Å². The molecule has 0 bridgehead atoms. The average molecular weight is 767 g/mol. The fourth-order valence-electron chi connectivity index (χ4n) is 8.87. The van der Waals surface area contributed by atoms with Crippen molar-refractivity contribution in [3.63, 3.8) is 0 Å². The summed E-state index contributed by atoms with van der Waals surface area (Å²) in [5.41, 5.74) is 14.4. The van der Waals surface area contributed by atoms with E-state index in [2.05, 4.69) is 174 Å². The summed E-state index contributed by atoms with van der Waals surface area (Å²) >= 11 is 0. The standard InChI is InChI=1S/C55H34N4O/c1-3-16-35(17-4-1)41-27-15-28-45-51(41)52-44-26-9-12-31-50(44)60-54(52)53(56-45)38-21-13-22-39(32-38)55-57-46(36-18-5-2-6-19-36)34-47(58-55)37-20-14-23-40(33-37)59-48-29-10-7-24-42(48)43-25-8-11-30-49(43)59/h1-34H. The summed E-state index contributed by atoms with van der Waals surface area (Å²) in [6.45, 7) is 0. The molecule has 0 saturated heterocycles. The summed E-state index contributed by atoms with van der Waals surface area (Å²) in [6.07, 6.45) is 0. The fraction of sp³-hybridized carbons (Fsp3) is 0. The molecular weight excluding hydrogens is 733 g/mol. The second-order valence-electron chi connectivity index (χ2n) is 15.2. The van der Waals surface area contributed by atoms with Crippen LogP contribution >= 0.6 is 0 Å². The molecule has 60 heavy (non-hydrogen) atoms. The van der Waals surface area contributed by atoms with E-state index >= 15 is 0 Å². The number of pyridine rings is 1. The number of para-hydroxylation sites is 3. The van der Waals surface area contributed by atoms with Crippen LogP contribution in [0.1, 0.15) is 0 Å². The van der Waals surface area contributed by atoms with Gasteiger partial charge in [-0.15, -0.1) is 0 Å². The van der Waals surface area contributed by atoms with Gasteiger partial charge in [0, 0.05) is 54.9 Å². The molecule has 0 spiro atoms. The number of benzene rings is 8. The van der Waals surface area contributed by atoms with Crippen LogP contribution in [0.4, 0.5) is 0 Å². The summed E-state index contributed by atoms with van der Waals surface area (Å²) in [5.74, 6) is 0.628. The Bertz CT molecular complexity index is 3550. The highest BCUT2D eigenvalue weighted by Crippen LogP contribution is 2.43. The topological polar surface area (TPSA) is 56.7 Å². The molecule has 0 radical (unpaired) electrons. The van der Waals surface area contributed by atoms with Crippen molar-refractivity contribution in [2.24, 2.45) is 0 Å². The molecule has 4 heterocycles. The lowest BCUT2D eigenvalue weighted by Crippen LogP contribution is -1.98. The highest BCUT2D eigenvalue weighted by atomic mass is 16.3. The Kier molecular flexibility index (Phi) is 7.78. The van der Waals surface area contributed by atoms with E-state index < -0.39 is 0 Å². The molecular formula is C55H34N4O. The van der Waals surface area contributed by atoms with Crippen LogP contribution in [0, 0.1) is 0 Å². The van der Waals surface area contributed by atoms with Crippen molar-refractivity contribution >= 4 is 54.6 Å². The van der Waals surface area contributed by atoms with E-state index in [9.17, 15) is 0 Å². The highest BCUT2D eigenvalue weighted by molar-refractivity contribution is 6.24. The first kappa shape index (κ1) is 33.9. The second kappa shape index (κ2) is 13.8. The van der Waals surface area contributed by atoms with Gasteiger partial charge in [0.15, 0.2) is 11.4 Å². The maximum absolute atomic E-state index is 6.74. The molecule has 0 N–H and O–H groups in total. The Hall–Kier alpha value is -8.15. The molecule has 0 atom stereocenters. The van der Waals surface area contributed by atoms with Gasteiger partial charge in [0.1, 0.15) is 11.3 Å². The lowest BCUT2D eigenvalue weighted by Gasteiger charge is -2.13. The minimum Gasteiger partial charge on any atom is -0.454 e.